The van der Waals surface area contributed by atoms with Gasteiger partial charge < -0.3 is 9.80 Å². The lowest BCUT2D eigenvalue weighted by Crippen LogP contribution is -2.41. The van der Waals surface area contributed by atoms with Crippen LogP contribution < -0.4 is 4.90 Å². The van der Waals surface area contributed by atoms with Crippen molar-refractivity contribution in [1.29, 1.82) is 0 Å². The minimum atomic E-state index is -0.0333. The average Bonchev–Trinajstić information content (AvgIpc) is 3.33. The third-order valence-corrected chi connectivity index (χ3v) is 5.09. The molecule has 2 saturated heterocycles. The summed E-state index contributed by atoms with van der Waals surface area (Å²) >= 11 is 0. The number of rotatable bonds is 3. The number of amides is 1. The average molecular weight is 340 g/mol. The van der Waals surface area contributed by atoms with Gasteiger partial charge in [-0.1, -0.05) is 0 Å². The van der Waals surface area contributed by atoms with Crippen LogP contribution in [0.25, 0.3) is 0 Å². The first-order chi connectivity index (χ1) is 12.2. The first-order valence-electron chi connectivity index (χ1n) is 9.09. The zero-order valence-electron chi connectivity index (χ0n) is 14.6. The van der Waals surface area contributed by atoms with Crippen molar-refractivity contribution < 1.29 is 4.79 Å². The molecule has 0 N–H and O–H groups in total. The van der Waals surface area contributed by atoms with Crippen molar-refractivity contribution in [3.05, 3.63) is 35.8 Å². The van der Waals surface area contributed by atoms with Gasteiger partial charge in [0, 0.05) is 32.4 Å². The van der Waals surface area contributed by atoms with Gasteiger partial charge in [0.15, 0.2) is 11.5 Å². The van der Waals surface area contributed by atoms with Crippen molar-refractivity contribution >= 4 is 11.7 Å². The van der Waals surface area contributed by atoms with Gasteiger partial charge >= 0.3 is 0 Å². The highest BCUT2D eigenvalue weighted by Crippen LogP contribution is 2.23. The van der Waals surface area contributed by atoms with Crippen molar-refractivity contribution in [2.24, 2.45) is 0 Å². The number of hydrogen-bond donors (Lipinski definition) is 0. The van der Waals surface area contributed by atoms with E-state index < -0.39 is 0 Å². The van der Waals surface area contributed by atoms with Crippen LogP contribution in [0.2, 0.25) is 0 Å². The van der Waals surface area contributed by atoms with Crippen LogP contribution in [-0.4, -0.2) is 57.0 Å². The van der Waals surface area contributed by atoms with Gasteiger partial charge in [0.2, 0.25) is 0 Å². The molecule has 2 fully saturated rings. The molecule has 2 aromatic heterocycles. The molecule has 4 heterocycles. The molecular weight excluding hydrogens is 316 g/mol. The number of aromatic nitrogens is 4. The van der Waals surface area contributed by atoms with Crippen LogP contribution in [-0.2, 0) is 0 Å². The highest BCUT2D eigenvalue weighted by Gasteiger charge is 2.27. The Morgan fingerprint density at radius 3 is 2.64 bits per heavy atom. The minimum Gasteiger partial charge on any atom is -0.355 e. The number of anilines is 1. The molecule has 132 valence electrons. The summed E-state index contributed by atoms with van der Waals surface area (Å²) < 4.78 is 1.98. The minimum absolute atomic E-state index is 0.0333. The second-order valence-corrected chi connectivity index (χ2v) is 7.02. The Morgan fingerprint density at radius 2 is 1.96 bits per heavy atom. The molecule has 0 aromatic carbocycles. The summed E-state index contributed by atoms with van der Waals surface area (Å²) in [4.78, 5) is 16.9. The van der Waals surface area contributed by atoms with Crippen LogP contribution in [0.4, 0.5) is 5.82 Å². The summed E-state index contributed by atoms with van der Waals surface area (Å²) in [6.07, 6.45) is 8.33. The van der Waals surface area contributed by atoms with E-state index in [9.17, 15) is 4.79 Å². The number of aryl methyl sites for hydroxylation is 1. The smallest absolute Gasteiger partial charge is 0.274 e. The molecular formula is C18H24N6O. The summed E-state index contributed by atoms with van der Waals surface area (Å²) in [6.45, 7) is 5.53. The maximum Gasteiger partial charge on any atom is 0.274 e. The maximum atomic E-state index is 12.8. The molecule has 0 radical (unpaired) electrons. The monoisotopic (exact) mass is 340 g/mol. The van der Waals surface area contributed by atoms with Crippen LogP contribution in [0.3, 0.4) is 0 Å². The van der Waals surface area contributed by atoms with E-state index in [0.29, 0.717) is 12.2 Å². The number of likely N-dealkylation sites (tertiary alicyclic amines) is 1. The number of carbonyl (C=O) groups is 1. The summed E-state index contributed by atoms with van der Waals surface area (Å²) in [7, 11) is 0. The molecule has 2 aliphatic rings. The zero-order valence-corrected chi connectivity index (χ0v) is 14.6. The molecule has 0 spiro atoms. The van der Waals surface area contributed by atoms with Crippen LogP contribution in [0.15, 0.2) is 24.5 Å². The number of carbonyl (C=O) groups excluding carboxylic acids is 1. The fourth-order valence-corrected chi connectivity index (χ4v) is 3.70. The molecule has 7 nitrogen and oxygen atoms in total. The predicted molar refractivity (Wildman–Crippen MR) is 94.6 cm³/mol. The Labute approximate surface area is 147 Å². The Kier molecular flexibility index (Phi) is 4.38. The quantitative estimate of drug-likeness (QED) is 0.855. The number of nitrogens with zero attached hydrogens (tertiary/aromatic N) is 6. The van der Waals surface area contributed by atoms with Crippen LogP contribution in [0.5, 0.6) is 0 Å². The van der Waals surface area contributed by atoms with E-state index in [1.54, 1.807) is 0 Å². The summed E-state index contributed by atoms with van der Waals surface area (Å²) in [6, 6.07) is 3.97. The van der Waals surface area contributed by atoms with Gasteiger partial charge in [-0.15, -0.1) is 10.2 Å². The molecule has 4 rings (SSSR count). The molecule has 2 aromatic rings. The topological polar surface area (TPSA) is 67.2 Å². The number of piperidine rings is 1. The van der Waals surface area contributed by atoms with Gasteiger partial charge in [-0.25, -0.2) is 0 Å². The van der Waals surface area contributed by atoms with E-state index in [1.165, 1.54) is 12.8 Å². The zero-order chi connectivity index (χ0) is 17.2. The lowest BCUT2D eigenvalue weighted by Gasteiger charge is -2.32. The third kappa shape index (κ3) is 3.36. The van der Waals surface area contributed by atoms with Gasteiger partial charge in [0.05, 0.1) is 12.2 Å². The molecule has 0 bridgehead atoms. The van der Waals surface area contributed by atoms with Crippen LogP contribution in [0, 0.1) is 6.92 Å². The molecule has 1 amide bonds. The van der Waals surface area contributed by atoms with Crippen molar-refractivity contribution in [3.8, 4) is 0 Å². The van der Waals surface area contributed by atoms with Crippen molar-refractivity contribution in [2.45, 2.75) is 38.6 Å². The van der Waals surface area contributed by atoms with E-state index in [-0.39, 0.29) is 11.9 Å². The Bertz CT molecular complexity index is 734. The second kappa shape index (κ2) is 6.82. The predicted octanol–water partition coefficient (Wildman–Crippen LogP) is 2.06. The van der Waals surface area contributed by atoms with E-state index in [4.69, 9.17) is 0 Å². The van der Waals surface area contributed by atoms with E-state index in [0.717, 1.165) is 43.9 Å². The van der Waals surface area contributed by atoms with Crippen molar-refractivity contribution in [1.82, 2.24) is 24.9 Å². The molecule has 2 aliphatic heterocycles. The molecule has 7 heteroatoms. The van der Waals surface area contributed by atoms with Crippen molar-refractivity contribution in [2.75, 3.05) is 31.1 Å². The highest BCUT2D eigenvalue weighted by atomic mass is 16.2. The lowest BCUT2D eigenvalue weighted by atomic mass is 10.1. The fourth-order valence-electron chi connectivity index (χ4n) is 3.70. The number of hydrogen-bond acceptors (Lipinski definition) is 5. The Balaban J connectivity index is 1.44. The standard InChI is InChI=1S/C18H24N6O/c1-14-11-19-24(12-14)15-5-4-10-23(13-15)18(25)16-6-7-17(21-20-16)22-8-2-3-9-22/h6-7,11-12,15H,2-5,8-10,13H2,1H3. The Hall–Kier alpha value is -2.44. The Morgan fingerprint density at radius 1 is 1.12 bits per heavy atom. The molecule has 1 unspecified atom stereocenters. The van der Waals surface area contributed by atoms with Crippen LogP contribution >= 0.6 is 0 Å². The highest BCUT2D eigenvalue weighted by molar-refractivity contribution is 5.92. The molecule has 0 saturated carbocycles. The fraction of sp³-hybridized carbons (Fsp3) is 0.556. The van der Waals surface area contributed by atoms with E-state index >= 15 is 0 Å². The molecule has 25 heavy (non-hydrogen) atoms. The first kappa shape index (κ1) is 16.1. The van der Waals surface area contributed by atoms with Gasteiger partial charge in [-0.05, 0) is 50.3 Å². The molecule has 1 atom stereocenters. The largest absolute Gasteiger partial charge is 0.355 e. The second-order valence-electron chi connectivity index (χ2n) is 7.02. The van der Waals surface area contributed by atoms with Gasteiger partial charge in [-0.2, -0.15) is 5.10 Å². The van der Waals surface area contributed by atoms with Gasteiger partial charge in [0.1, 0.15) is 0 Å². The van der Waals surface area contributed by atoms with Crippen molar-refractivity contribution in [3.63, 3.8) is 0 Å². The van der Waals surface area contributed by atoms with E-state index in [1.807, 2.05) is 41.0 Å². The third-order valence-electron chi connectivity index (χ3n) is 5.09. The van der Waals surface area contributed by atoms with Gasteiger partial charge in [0.25, 0.3) is 5.91 Å². The summed E-state index contributed by atoms with van der Waals surface area (Å²) in [5, 5.41) is 12.9. The molecule has 0 aliphatic carbocycles. The lowest BCUT2D eigenvalue weighted by molar-refractivity contribution is 0.0666. The summed E-state index contributed by atoms with van der Waals surface area (Å²) in [5.41, 5.74) is 1.58. The van der Waals surface area contributed by atoms with Gasteiger partial charge in [-0.3, -0.25) is 9.48 Å². The first-order valence-corrected chi connectivity index (χ1v) is 9.09. The van der Waals surface area contributed by atoms with E-state index in [2.05, 4.69) is 20.2 Å². The normalized spacial score (nSPS) is 20.9. The SMILES string of the molecule is Cc1cnn(C2CCCN(C(=O)c3ccc(N4CCCC4)nn3)C2)c1. The summed E-state index contributed by atoms with van der Waals surface area (Å²) in [5.74, 6) is 0.839. The van der Waals surface area contributed by atoms with Crippen LogP contribution in [0.1, 0.15) is 47.8 Å². The maximum absolute atomic E-state index is 12.8.